The van der Waals surface area contributed by atoms with Crippen molar-refractivity contribution in [3.63, 3.8) is 0 Å². The van der Waals surface area contributed by atoms with Gasteiger partial charge in [0.2, 0.25) is 0 Å². The van der Waals surface area contributed by atoms with Crippen LogP contribution in [0, 0.1) is 12.8 Å². The van der Waals surface area contributed by atoms with Crippen LogP contribution in [0.25, 0.3) is 6.08 Å². The molecule has 1 amide bonds. The molecule has 1 saturated heterocycles. The van der Waals surface area contributed by atoms with Crippen molar-refractivity contribution in [1.29, 1.82) is 0 Å². The predicted molar refractivity (Wildman–Crippen MR) is 120 cm³/mol. The standard InChI is InChI=1S/C23H26N2O3S/c1-15(2)14-25-22(26)21(13-17-12-19(27-4)10-11-20(17)28-5)29-23(25)24-18-8-6-16(3)7-9-18/h6-13,15H,14H2,1-5H3/b21-13+,24-23?. The van der Waals surface area contributed by atoms with Gasteiger partial charge in [-0.1, -0.05) is 31.5 Å². The molecule has 152 valence electrons. The lowest BCUT2D eigenvalue weighted by molar-refractivity contribution is -0.122. The van der Waals surface area contributed by atoms with Crippen molar-refractivity contribution in [3.05, 3.63) is 58.5 Å². The maximum atomic E-state index is 13.1. The highest BCUT2D eigenvalue weighted by Crippen LogP contribution is 2.36. The van der Waals surface area contributed by atoms with E-state index in [2.05, 4.69) is 13.8 Å². The minimum Gasteiger partial charge on any atom is -0.497 e. The van der Waals surface area contributed by atoms with E-state index in [1.54, 1.807) is 19.1 Å². The Labute approximate surface area is 176 Å². The Balaban J connectivity index is 2.00. The molecule has 1 heterocycles. The van der Waals surface area contributed by atoms with E-state index in [9.17, 15) is 4.79 Å². The van der Waals surface area contributed by atoms with Crippen LogP contribution in [0.5, 0.6) is 11.5 Å². The van der Waals surface area contributed by atoms with Gasteiger partial charge in [-0.3, -0.25) is 9.69 Å². The van der Waals surface area contributed by atoms with Crippen LogP contribution in [0.2, 0.25) is 0 Å². The van der Waals surface area contributed by atoms with Gasteiger partial charge in [0.15, 0.2) is 5.17 Å². The van der Waals surface area contributed by atoms with E-state index < -0.39 is 0 Å². The van der Waals surface area contributed by atoms with Gasteiger partial charge in [0, 0.05) is 12.1 Å². The monoisotopic (exact) mass is 410 g/mol. The highest BCUT2D eigenvalue weighted by atomic mass is 32.2. The van der Waals surface area contributed by atoms with Crippen LogP contribution in [0.15, 0.2) is 52.4 Å². The van der Waals surface area contributed by atoms with E-state index in [0.717, 1.165) is 11.3 Å². The minimum atomic E-state index is -0.0422. The van der Waals surface area contributed by atoms with Gasteiger partial charge >= 0.3 is 0 Å². The first-order chi connectivity index (χ1) is 13.9. The summed E-state index contributed by atoms with van der Waals surface area (Å²) in [6, 6.07) is 13.5. The van der Waals surface area contributed by atoms with Gasteiger partial charge in [-0.05, 0) is 61.0 Å². The van der Waals surface area contributed by atoms with Crippen LogP contribution in [0.1, 0.15) is 25.0 Å². The third-order valence-corrected chi connectivity index (χ3v) is 5.42. The number of thioether (sulfide) groups is 1. The average Bonchev–Trinajstić information content (AvgIpc) is 2.98. The number of amidine groups is 1. The number of carbonyl (C=O) groups is 1. The molecule has 0 radical (unpaired) electrons. The molecule has 1 fully saturated rings. The van der Waals surface area contributed by atoms with E-state index in [1.807, 2.05) is 55.5 Å². The van der Waals surface area contributed by atoms with Gasteiger partial charge in [0.1, 0.15) is 11.5 Å². The minimum absolute atomic E-state index is 0.0422. The number of aliphatic imine (C=N–C) groups is 1. The van der Waals surface area contributed by atoms with Crippen LogP contribution in [0.3, 0.4) is 0 Å². The molecule has 1 aliphatic heterocycles. The van der Waals surface area contributed by atoms with Crippen LogP contribution >= 0.6 is 11.8 Å². The van der Waals surface area contributed by atoms with Crippen molar-refractivity contribution >= 4 is 34.6 Å². The van der Waals surface area contributed by atoms with E-state index in [-0.39, 0.29) is 5.91 Å². The Bertz CT molecular complexity index is 949. The van der Waals surface area contributed by atoms with Crippen LogP contribution in [-0.4, -0.2) is 36.7 Å². The summed E-state index contributed by atoms with van der Waals surface area (Å²) in [7, 11) is 3.23. The number of methoxy groups -OCH3 is 2. The second-order valence-electron chi connectivity index (χ2n) is 7.26. The van der Waals surface area contributed by atoms with Crippen LogP contribution in [-0.2, 0) is 4.79 Å². The molecule has 1 aliphatic rings. The Morgan fingerprint density at radius 1 is 1.10 bits per heavy atom. The molecule has 0 bridgehead atoms. The predicted octanol–water partition coefficient (Wildman–Crippen LogP) is 5.27. The summed E-state index contributed by atoms with van der Waals surface area (Å²) >= 11 is 1.39. The summed E-state index contributed by atoms with van der Waals surface area (Å²) in [6.07, 6.45) is 1.85. The summed E-state index contributed by atoms with van der Waals surface area (Å²) in [5.74, 6) is 1.68. The fraction of sp³-hybridized carbons (Fsp3) is 0.304. The van der Waals surface area contributed by atoms with Gasteiger partial charge in [0.25, 0.3) is 5.91 Å². The Morgan fingerprint density at radius 3 is 2.45 bits per heavy atom. The number of rotatable bonds is 6. The lowest BCUT2D eigenvalue weighted by Gasteiger charge is -2.17. The van der Waals surface area contributed by atoms with Crippen molar-refractivity contribution in [3.8, 4) is 11.5 Å². The Kier molecular flexibility index (Phi) is 6.64. The number of nitrogens with zero attached hydrogens (tertiary/aromatic N) is 2. The molecule has 0 spiro atoms. The van der Waals surface area contributed by atoms with Gasteiger partial charge < -0.3 is 9.47 Å². The molecule has 0 saturated carbocycles. The summed E-state index contributed by atoms with van der Waals surface area (Å²) < 4.78 is 10.8. The zero-order valence-electron chi connectivity index (χ0n) is 17.4. The van der Waals surface area contributed by atoms with E-state index in [1.165, 1.54) is 17.3 Å². The Morgan fingerprint density at radius 2 is 1.83 bits per heavy atom. The largest absolute Gasteiger partial charge is 0.497 e. The van der Waals surface area contributed by atoms with Gasteiger partial charge in [-0.25, -0.2) is 4.99 Å². The van der Waals surface area contributed by atoms with Crippen molar-refractivity contribution < 1.29 is 14.3 Å². The molecular weight excluding hydrogens is 384 g/mol. The summed E-state index contributed by atoms with van der Waals surface area (Å²) in [5.41, 5.74) is 2.80. The molecule has 6 heteroatoms. The van der Waals surface area contributed by atoms with Crippen molar-refractivity contribution in [2.24, 2.45) is 10.9 Å². The SMILES string of the molecule is COc1ccc(OC)c(/C=C2/SC(=Nc3ccc(C)cc3)N(CC(C)C)C2=O)c1. The highest BCUT2D eigenvalue weighted by molar-refractivity contribution is 8.18. The summed E-state index contributed by atoms with van der Waals surface area (Å²) in [6.45, 7) is 6.84. The lowest BCUT2D eigenvalue weighted by Crippen LogP contribution is -2.32. The first kappa shape index (κ1) is 21.0. The van der Waals surface area contributed by atoms with E-state index in [0.29, 0.717) is 34.0 Å². The summed E-state index contributed by atoms with van der Waals surface area (Å²) in [4.78, 5) is 20.2. The number of benzene rings is 2. The molecule has 0 aliphatic carbocycles. The molecule has 5 nitrogen and oxygen atoms in total. The Hall–Kier alpha value is -2.73. The number of amides is 1. The zero-order valence-corrected chi connectivity index (χ0v) is 18.2. The zero-order chi connectivity index (χ0) is 21.0. The fourth-order valence-electron chi connectivity index (χ4n) is 2.94. The lowest BCUT2D eigenvalue weighted by atomic mass is 10.1. The molecule has 0 unspecified atom stereocenters. The van der Waals surface area contributed by atoms with Crippen molar-refractivity contribution in [2.45, 2.75) is 20.8 Å². The number of hydrogen-bond donors (Lipinski definition) is 0. The van der Waals surface area contributed by atoms with Gasteiger partial charge in [-0.15, -0.1) is 0 Å². The topological polar surface area (TPSA) is 51.1 Å². The van der Waals surface area contributed by atoms with Crippen molar-refractivity contribution in [1.82, 2.24) is 4.90 Å². The molecule has 0 aromatic heterocycles. The fourth-order valence-corrected chi connectivity index (χ4v) is 3.94. The molecule has 2 aromatic rings. The number of aryl methyl sites for hydroxylation is 1. The first-order valence-corrected chi connectivity index (χ1v) is 10.3. The molecule has 2 aromatic carbocycles. The average molecular weight is 411 g/mol. The number of carbonyl (C=O) groups excluding carboxylic acids is 1. The first-order valence-electron chi connectivity index (χ1n) is 9.50. The maximum Gasteiger partial charge on any atom is 0.266 e. The third-order valence-electron chi connectivity index (χ3n) is 4.42. The second kappa shape index (κ2) is 9.18. The molecule has 29 heavy (non-hydrogen) atoms. The van der Waals surface area contributed by atoms with Crippen molar-refractivity contribution in [2.75, 3.05) is 20.8 Å². The highest BCUT2D eigenvalue weighted by Gasteiger charge is 2.34. The normalized spacial score (nSPS) is 16.9. The number of hydrogen-bond acceptors (Lipinski definition) is 5. The van der Waals surface area contributed by atoms with Crippen LogP contribution < -0.4 is 9.47 Å². The second-order valence-corrected chi connectivity index (χ2v) is 8.27. The quantitative estimate of drug-likeness (QED) is 0.609. The van der Waals surface area contributed by atoms with Crippen LogP contribution in [0.4, 0.5) is 5.69 Å². The van der Waals surface area contributed by atoms with Gasteiger partial charge in [-0.2, -0.15) is 0 Å². The van der Waals surface area contributed by atoms with Gasteiger partial charge in [0.05, 0.1) is 24.8 Å². The maximum absolute atomic E-state index is 13.1. The molecule has 0 atom stereocenters. The smallest absolute Gasteiger partial charge is 0.266 e. The molecule has 3 rings (SSSR count). The summed E-state index contributed by atoms with van der Waals surface area (Å²) in [5, 5.41) is 0.695. The number of ether oxygens (including phenoxy) is 2. The third kappa shape index (κ3) is 5.01. The molecule has 0 N–H and O–H groups in total. The molecular formula is C23H26N2O3S. The van der Waals surface area contributed by atoms with E-state index >= 15 is 0 Å². The van der Waals surface area contributed by atoms with E-state index in [4.69, 9.17) is 14.5 Å².